The zero-order valence-corrected chi connectivity index (χ0v) is 18.0. The van der Waals surface area contributed by atoms with Crippen LogP contribution in [0, 0.1) is 0 Å². The molecule has 8 heteroatoms. The summed E-state index contributed by atoms with van der Waals surface area (Å²) in [5.74, 6) is 0.730. The number of nitrogens with one attached hydrogen (secondary N) is 3. The highest BCUT2D eigenvalue weighted by Crippen LogP contribution is 2.16. The van der Waals surface area contributed by atoms with E-state index < -0.39 is 10.0 Å². The lowest BCUT2D eigenvalue weighted by Crippen LogP contribution is -2.41. The number of hydrogen-bond acceptors (Lipinski definition) is 4. The van der Waals surface area contributed by atoms with Crippen molar-refractivity contribution in [3.8, 4) is 0 Å². The minimum atomic E-state index is -3.46. The molecule has 0 radical (unpaired) electrons. The third-order valence-corrected chi connectivity index (χ3v) is 6.40. The van der Waals surface area contributed by atoms with Gasteiger partial charge in [0.25, 0.3) is 0 Å². The van der Waals surface area contributed by atoms with Crippen molar-refractivity contribution in [2.75, 3.05) is 39.3 Å². The molecule has 1 aromatic carbocycles. The molecule has 1 aromatic rings. The highest BCUT2D eigenvalue weighted by Gasteiger charge is 2.17. The van der Waals surface area contributed by atoms with E-state index in [1.807, 2.05) is 6.92 Å². The van der Waals surface area contributed by atoms with Gasteiger partial charge < -0.3 is 15.5 Å². The molecule has 0 aliphatic carbocycles. The molecule has 1 aliphatic rings. The fourth-order valence-electron chi connectivity index (χ4n) is 3.35. The number of guanidine groups is 1. The van der Waals surface area contributed by atoms with E-state index in [1.165, 1.54) is 25.8 Å². The van der Waals surface area contributed by atoms with Gasteiger partial charge in [0.15, 0.2) is 5.96 Å². The summed E-state index contributed by atoms with van der Waals surface area (Å²) in [6.45, 7) is 8.91. The van der Waals surface area contributed by atoms with E-state index in [1.54, 1.807) is 30.3 Å². The standard InChI is InChI=1S/C20H35N5O2S/c1-3-21-20(22-13-9-17-25-16-8-7-10-18(25)2)23-14-15-24-28(26,27)19-11-5-4-6-12-19/h4-6,11-12,18,24H,3,7-10,13-17H2,1-2H3,(H2,21,22,23). The summed E-state index contributed by atoms with van der Waals surface area (Å²) >= 11 is 0. The molecule has 0 amide bonds. The average molecular weight is 410 g/mol. The van der Waals surface area contributed by atoms with Crippen LogP contribution >= 0.6 is 0 Å². The van der Waals surface area contributed by atoms with E-state index in [-0.39, 0.29) is 4.90 Å². The van der Waals surface area contributed by atoms with E-state index in [9.17, 15) is 8.42 Å². The molecule has 0 spiro atoms. The summed E-state index contributed by atoms with van der Waals surface area (Å²) < 4.78 is 27.0. The van der Waals surface area contributed by atoms with Crippen molar-refractivity contribution in [3.05, 3.63) is 30.3 Å². The molecule has 1 saturated heterocycles. The molecule has 158 valence electrons. The molecular formula is C20H35N5O2S. The minimum absolute atomic E-state index is 0.280. The van der Waals surface area contributed by atoms with Gasteiger partial charge in [-0.05, 0) is 51.8 Å². The smallest absolute Gasteiger partial charge is 0.240 e. The van der Waals surface area contributed by atoms with Gasteiger partial charge in [-0.3, -0.25) is 4.99 Å². The van der Waals surface area contributed by atoms with Gasteiger partial charge in [0, 0.05) is 38.8 Å². The predicted molar refractivity (Wildman–Crippen MR) is 115 cm³/mol. The van der Waals surface area contributed by atoms with Gasteiger partial charge in [-0.25, -0.2) is 13.1 Å². The van der Waals surface area contributed by atoms with Crippen LogP contribution in [0.1, 0.15) is 39.5 Å². The molecular weight excluding hydrogens is 374 g/mol. The molecule has 7 nitrogen and oxygen atoms in total. The molecule has 1 fully saturated rings. The number of rotatable bonds is 10. The van der Waals surface area contributed by atoms with Gasteiger partial charge in [-0.2, -0.15) is 0 Å². The van der Waals surface area contributed by atoms with E-state index in [2.05, 4.69) is 32.2 Å². The van der Waals surface area contributed by atoms with Crippen LogP contribution in [0.2, 0.25) is 0 Å². The third kappa shape index (κ3) is 7.77. The van der Waals surface area contributed by atoms with Gasteiger partial charge >= 0.3 is 0 Å². The summed E-state index contributed by atoms with van der Waals surface area (Å²) in [5, 5.41) is 6.40. The van der Waals surface area contributed by atoms with Crippen LogP contribution < -0.4 is 15.4 Å². The van der Waals surface area contributed by atoms with Crippen molar-refractivity contribution in [2.24, 2.45) is 4.99 Å². The number of nitrogens with zero attached hydrogens (tertiary/aromatic N) is 2. The zero-order chi connectivity index (χ0) is 20.2. The van der Waals surface area contributed by atoms with Crippen LogP contribution in [0.3, 0.4) is 0 Å². The minimum Gasteiger partial charge on any atom is -0.357 e. The van der Waals surface area contributed by atoms with Crippen molar-refractivity contribution in [1.82, 2.24) is 20.3 Å². The number of piperidine rings is 1. The molecule has 28 heavy (non-hydrogen) atoms. The van der Waals surface area contributed by atoms with Crippen molar-refractivity contribution < 1.29 is 8.42 Å². The summed E-state index contributed by atoms with van der Waals surface area (Å²) in [6, 6.07) is 9.09. The van der Waals surface area contributed by atoms with E-state index in [4.69, 9.17) is 0 Å². The van der Waals surface area contributed by atoms with Gasteiger partial charge in [-0.15, -0.1) is 0 Å². The monoisotopic (exact) mass is 409 g/mol. The number of hydrogen-bond donors (Lipinski definition) is 3. The van der Waals surface area contributed by atoms with Gasteiger partial charge in [0.1, 0.15) is 0 Å². The van der Waals surface area contributed by atoms with Crippen molar-refractivity contribution >= 4 is 16.0 Å². The molecule has 2 rings (SSSR count). The van der Waals surface area contributed by atoms with Crippen LogP contribution in [0.5, 0.6) is 0 Å². The van der Waals surface area contributed by atoms with Crippen molar-refractivity contribution in [3.63, 3.8) is 0 Å². The fraction of sp³-hybridized carbons (Fsp3) is 0.650. The predicted octanol–water partition coefficient (Wildman–Crippen LogP) is 1.78. The molecule has 0 bridgehead atoms. The van der Waals surface area contributed by atoms with Gasteiger partial charge in [0.2, 0.25) is 10.0 Å². The Bertz CT molecular complexity index is 694. The molecule has 0 aromatic heterocycles. The summed E-state index contributed by atoms with van der Waals surface area (Å²) in [7, 11) is -3.46. The Labute approximate surface area is 170 Å². The van der Waals surface area contributed by atoms with Gasteiger partial charge in [-0.1, -0.05) is 24.6 Å². The maximum atomic E-state index is 12.2. The lowest BCUT2D eigenvalue weighted by molar-refractivity contribution is 0.160. The lowest BCUT2D eigenvalue weighted by atomic mass is 10.0. The molecule has 1 atom stereocenters. The first-order valence-corrected chi connectivity index (χ1v) is 11.8. The molecule has 0 saturated carbocycles. The summed E-state index contributed by atoms with van der Waals surface area (Å²) in [6.07, 6.45) is 4.98. The SMILES string of the molecule is CCNC(=NCCCN1CCCCC1C)NCCNS(=O)(=O)c1ccccc1. The van der Waals surface area contributed by atoms with Crippen LogP contribution in [0.15, 0.2) is 40.2 Å². The maximum Gasteiger partial charge on any atom is 0.240 e. The third-order valence-electron chi connectivity index (χ3n) is 4.92. The summed E-state index contributed by atoms with van der Waals surface area (Å²) in [4.78, 5) is 7.44. The van der Waals surface area contributed by atoms with E-state index in [0.29, 0.717) is 19.1 Å². The van der Waals surface area contributed by atoms with Crippen LogP contribution in [0.4, 0.5) is 0 Å². The quantitative estimate of drug-likeness (QED) is 0.312. The van der Waals surface area contributed by atoms with Crippen LogP contribution in [0.25, 0.3) is 0 Å². The Morgan fingerprint density at radius 1 is 1.18 bits per heavy atom. The molecule has 3 N–H and O–H groups in total. The Balaban J connectivity index is 1.70. The van der Waals surface area contributed by atoms with Crippen molar-refractivity contribution in [2.45, 2.75) is 50.5 Å². The van der Waals surface area contributed by atoms with Crippen LogP contribution in [-0.2, 0) is 10.0 Å². The Kier molecular flexibility index (Phi) is 9.73. The van der Waals surface area contributed by atoms with Crippen LogP contribution in [-0.4, -0.2) is 64.6 Å². The number of benzene rings is 1. The summed E-state index contributed by atoms with van der Waals surface area (Å²) in [5.41, 5.74) is 0. The second kappa shape index (κ2) is 12.0. The molecule has 1 aliphatic heterocycles. The zero-order valence-electron chi connectivity index (χ0n) is 17.2. The Morgan fingerprint density at radius 3 is 2.68 bits per heavy atom. The van der Waals surface area contributed by atoms with E-state index in [0.717, 1.165) is 32.0 Å². The number of sulfonamides is 1. The first kappa shape index (κ1) is 22.6. The van der Waals surface area contributed by atoms with E-state index >= 15 is 0 Å². The normalized spacial score (nSPS) is 18.8. The highest BCUT2D eigenvalue weighted by molar-refractivity contribution is 7.89. The Morgan fingerprint density at radius 2 is 1.96 bits per heavy atom. The van der Waals surface area contributed by atoms with Crippen molar-refractivity contribution in [1.29, 1.82) is 0 Å². The second-order valence-electron chi connectivity index (χ2n) is 7.13. The first-order valence-electron chi connectivity index (χ1n) is 10.3. The molecule has 1 heterocycles. The average Bonchev–Trinajstić information content (AvgIpc) is 2.70. The number of likely N-dealkylation sites (tertiary alicyclic amines) is 1. The topological polar surface area (TPSA) is 85.8 Å². The first-order chi connectivity index (χ1) is 13.5. The highest BCUT2D eigenvalue weighted by atomic mass is 32.2. The largest absolute Gasteiger partial charge is 0.357 e. The fourth-order valence-corrected chi connectivity index (χ4v) is 4.40. The second-order valence-corrected chi connectivity index (χ2v) is 8.90. The van der Waals surface area contributed by atoms with Gasteiger partial charge in [0.05, 0.1) is 4.90 Å². The number of aliphatic imine (C=N–C) groups is 1. The Hall–Kier alpha value is -1.64. The molecule has 1 unspecified atom stereocenters. The maximum absolute atomic E-state index is 12.2. The lowest BCUT2D eigenvalue weighted by Gasteiger charge is -2.33.